The number of thioether (sulfide) groups is 1. The molecule has 1 heterocycles. The van der Waals surface area contributed by atoms with Gasteiger partial charge in [-0.1, -0.05) is 75.3 Å². The first kappa shape index (κ1) is 22.1. The Morgan fingerprint density at radius 1 is 0.767 bits per heavy atom. The second-order valence-electron chi connectivity index (χ2n) is 9.30. The lowest BCUT2D eigenvalue weighted by atomic mass is 9.96. The zero-order valence-corrected chi connectivity index (χ0v) is 19.2. The van der Waals surface area contributed by atoms with E-state index in [-0.39, 0.29) is 0 Å². The van der Waals surface area contributed by atoms with Gasteiger partial charge in [0.1, 0.15) is 5.60 Å². The van der Waals surface area contributed by atoms with E-state index in [1.807, 2.05) is 11.8 Å². The minimum absolute atomic E-state index is 0.425. The van der Waals surface area contributed by atoms with Gasteiger partial charge in [-0.2, -0.15) is 0 Å². The Balaban J connectivity index is 1.32. The van der Waals surface area contributed by atoms with Crippen LogP contribution in [-0.4, -0.2) is 23.7 Å². The zero-order valence-electron chi connectivity index (χ0n) is 18.4. The molecule has 0 radical (unpaired) electrons. The molecule has 4 rings (SSSR count). The maximum Gasteiger partial charge on any atom is 0.201 e. The minimum atomic E-state index is -0.535. The van der Waals surface area contributed by atoms with E-state index in [1.165, 1.54) is 60.6 Å². The second-order valence-corrected chi connectivity index (χ2v) is 10.3. The Labute approximate surface area is 185 Å². The SMILES string of the molecule is CC1(CSc2ccc3ccccc3c2)COC2(CCCCCCCCCCC2)OO1. The molecule has 1 aliphatic carbocycles. The quantitative estimate of drug-likeness (QED) is 0.370. The van der Waals surface area contributed by atoms with Crippen molar-refractivity contribution in [3.8, 4) is 0 Å². The van der Waals surface area contributed by atoms with Crippen molar-refractivity contribution < 1.29 is 14.5 Å². The van der Waals surface area contributed by atoms with Crippen molar-refractivity contribution in [2.75, 3.05) is 12.4 Å². The summed E-state index contributed by atoms with van der Waals surface area (Å²) < 4.78 is 6.42. The fourth-order valence-electron chi connectivity index (χ4n) is 4.45. The minimum Gasteiger partial charge on any atom is -0.344 e. The summed E-state index contributed by atoms with van der Waals surface area (Å²) in [5.41, 5.74) is -0.425. The van der Waals surface area contributed by atoms with Gasteiger partial charge < -0.3 is 4.74 Å². The number of hydrogen-bond acceptors (Lipinski definition) is 4. The molecule has 3 nitrogen and oxygen atoms in total. The highest BCUT2D eigenvalue weighted by atomic mass is 32.2. The molecule has 2 aromatic carbocycles. The Hall–Kier alpha value is -1.07. The molecule has 0 amide bonds. The van der Waals surface area contributed by atoms with Crippen LogP contribution in [0.5, 0.6) is 0 Å². The highest BCUT2D eigenvalue weighted by molar-refractivity contribution is 7.99. The van der Waals surface area contributed by atoms with Crippen molar-refractivity contribution in [3.05, 3.63) is 42.5 Å². The molecule has 1 spiro atoms. The Morgan fingerprint density at radius 3 is 2.03 bits per heavy atom. The summed E-state index contributed by atoms with van der Waals surface area (Å²) in [6.45, 7) is 2.69. The lowest BCUT2D eigenvalue weighted by molar-refractivity contribution is -0.508. The summed E-state index contributed by atoms with van der Waals surface area (Å²) in [5.74, 6) is 0.272. The lowest BCUT2D eigenvalue weighted by Gasteiger charge is -2.43. The van der Waals surface area contributed by atoms with Crippen molar-refractivity contribution in [3.63, 3.8) is 0 Å². The summed E-state index contributed by atoms with van der Waals surface area (Å²) >= 11 is 1.81. The van der Waals surface area contributed by atoms with Gasteiger partial charge in [0, 0.05) is 23.5 Å². The van der Waals surface area contributed by atoms with Gasteiger partial charge in [0.05, 0.1) is 6.61 Å². The Bertz CT molecular complexity index is 784. The van der Waals surface area contributed by atoms with Crippen LogP contribution in [0.3, 0.4) is 0 Å². The largest absolute Gasteiger partial charge is 0.344 e. The predicted molar refractivity (Wildman–Crippen MR) is 125 cm³/mol. The van der Waals surface area contributed by atoms with Crippen LogP contribution in [0.1, 0.15) is 77.6 Å². The average molecular weight is 429 g/mol. The summed E-state index contributed by atoms with van der Waals surface area (Å²) in [6, 6.07) is 15.1. The Kier molecular flexibility index (Phi) is 7.74. The van der Waals surface area contributed by atoms with Crippen molar-refractivity contribution in [2.45, 2.75) is 93.8 Å². The van der Waals surface area contributed by atoms with Crippen molar-refractivity contribution in [1.29, 1.82) is 0 Å². The van der Waals surface area contributed by atoms with Gasteiger partial charge in [-0.05, 0) is 42.7 Å². The standard InChI is InChI=1S/C26H36O3S/c1-25(21-30-24-16-15-22-13-9-10-14-23(22)19-24)20-27-26(29-28-25)17-11-7-5-3-2-4-6-8-12-18-26/h9-10,13-16,19H,2-8,11-12,17-18,20-21H2,1H3. The van der Waals surface area contributed by atoms with E-state index in [0.29, 0.717) is 6.61 Å². The third-order valence-electron chi connectivity index (χ3n) is 6.42. The second kappa shape index (κ2) is 10.5. The average Bonchev–Trinajstić information content (AvgIpc) is 2.77. The highest BCUT2D eigenvalue weighted by Crippen LogP contribution is 2.38. The number of hydrogen-bond donors (Lipinski definition) is 0. The molecular formula is C26H36O3S. The third kappa shape index (κ3) is 6.00. The molecule has 0 bridgehead atoms. The van der Waals surface area contributed by atoms with Gasteiger partial charge >= 0.3 is 0 Å². The molecule has 1 aliphatic heterocycles. The monoisotopic (exact) mass is 428 g/mol. The highest BCUT2D eigenvalue weighted by Gasteiger charge is 2.43. The molecule has 1 saturated heterocycles. The van der Waals surface area contributed by atoms with Crippen LogP contribution >= 0.6 is 11.8 Å². The van der Waals surface area contributed by atoms with Gasteiger partial charge in [-0.25, -0.2) is 9.78 Å². The number of fused-ring (bicyclic) bond motifs is 1. The fourth-order valence-corrected chi connectivity index (χ4v) is 5.42. The van der Waals surface area contributed by atoms with Gasteiger partial charge in [0.25, 0.3) is 0 Å². The molecule has 2 aromatic rings. The first-order valence-electron chi connectivity index (χ1n) is 11.8. The summed E-state index contributed by atoms with van der Waals surface area (Å²) in [5, 5.41) is 2.55. The first-order valence-corrected chi connectivity index (χ1v) is 12.8. The van der Waals surface area contributed by atoms with Crippen LogP contribution in [0, 0.1) is 0 Å². The molecule has 30 heavy (non-hydrogen) atoms. The third-order valence-corrected chi connectivity index (χ3v) is 7.76. The van der Waals surface area contributed by atoms with Gasteiger partial charge in [-0.3, -0.25) is 0 Å². The van der Waals surface area contributed by atoms with E-state index < -0.39 is 11.4 Å². The van der Waals surface area contributed by atoms with Crippen molar-refractivity contribution >= 4 is 22.5 Å². The van der Waals surface area contributed by atoms with Crippen LogP contribution in [0.4, 0.5) is 0 Å². The number of ether oxygens (including phenoxy) is 1. The van der Waals surface area contributed by atoms with Crippen LogP contribution in [-0.2, 0) is 14.5 Å². The molecule has 2 aliphatic rings. The van der Waals surface area contributed by atoms with E-state index in [0.717, 1.165) is 31.4 Å². The molecule has 2 fully saturated rings. The molecule has 0 aromatic heterocycles. The first-order chi connectivity index (χ1) is 14.7. The Morgan fingerprint density at radius 2 is 1.40 bits per heavy atom. The summed E-state index contributed by atoms with van der Waals surface area (Å²) in [6.07, 6.45) is 13.5. The molecular weight excluding hydrogens is 392 g/mol. The van der Waals surface area contributed by atoms with Gasteiger partial charge in [-0.15, -0.1) is 11.8 Å². The maximum absolute atomic E-state index is 6.42. The van der Waals surface area contributed by atoms with Crippen LogP contribution in [0.2, 0.25) is 0 Å². The molecule has 164 valence electrons. The van der Waals surface area contributed by atoms with E-state index >= 15 is 0 Å². The van der Waals surface area contributed by atoms with Gasteiger partial charge in [0.2, 0.25) is 5.79 Å². The molecule has 1 unspecified atom stereocenters. The zero-order chi connectivity index (χ0) is 20.7. The van der Waals surface area contributed by atoms with Crippen molar-refractivity contribution in [2.24, 2.45) is 0 Å². The predicted octanol–water partition coefficient (Wildman–Crippen LogP) is 7.67. The summed E-state index contributed by atoms with van der Waals surface area (Å²) in [4.78, 5) is 13.4. The fraction of sp³-hybridized carbons (Fsp3) is 0.615. The summed E-state index contributed by atoms with van der Waals surface area (Å²) in [7, 11) is 0. The van der Waals surface area contributed by atoms with Crippen molar-refractivity contribution in [1.82, 2.24) is 0 Å². The lowest BCUT2D eigenvalue weighted by Crippen LogP contribution is -2.52. The van der Waals surface area contributed by atoms with Crippen LogP contribution in [0.25, 0.3) is 10.8 Å². The van der Waals surface area contributed by atoms with E-state index in [9.17, 15) is 0 Å². The molecule has 1 saturated carbocycles. The molecule has 1 atom stereocenters. The van der Waals surface area contributed by atoms with Crippen LogP contribution < -0.4 is 0 Å². The smallest absolute Gasteiger partial charge is 0.201 e. The van der Waals surface area contributed by atoms with E-state index in [4.69, 9.17) is 14.5 Å². The molecule has 4 heteroatoms. The number of rotatable bonds is 3. The number of benzene rings is 2. The van der Waals surface area contributed by atoms with E-state index in [1.54, 1.807) is 0 Å². The van der Waals surface area contributed by atoms with E-state index in [2.05, 4.69) is 49.4 Å². The normalized spacial score (nSPS) is 26.2. The molecule has 0 N–H and O–H groups in total. The maximum atomic E-state index is 6.42. The topological polar surface area (TPSA) is 27.7 Å². The van der Waals surface area contributed by atoms with Crippen LogP contribution in [0.15, 0.2) is 47.4 Å². The van der Waals surface area contributed by atoms with Gasteiger partial charge in [0.15, 0.2) is 0 Å².